The molecule has 2 rings (SSSR count). The van der Waals surface area contributed by atoms with E-state index < -0.39 is 0 Å². The molecule has 1 aromatic carbocycles. The highest BCUT2D eigenvalue weighted by Gasteiger charge is 2.11. The monoisotopic (exact) mass is 280 g/mol. The van der Waals surface area contributed by atoms with Crippen LogP contribution in [0.2, 0.25) is 0 Å². The van der Waals surface area contributed by atoms with E-state index in [-0.39, 0.29) is 12.3 Å². The van der Waals surface area contributed by atoms with Crippen LogP contribution < -0.4 is 5.84 Å². The Bertz CT molecular complexity index is 618. The third-order valence-corrected chi connectivity index (χ3v) is 3.46. The molecule has 7 heteroatoms. The van der Waals surface area contributed by atoms with Gasteiger partial charge in [-0.15, -0.1) is 5.10 Å². The van der Waals surface area contributed by atoms with Gasteiger partial charge in [0.2, 0.25) is 9.93 Å². The Morgan fingerprint density at radius 1 is 1.44 bits per heavy atom. The second kappa shape index (κ2) is 5.36. The van der Waals surface area contributed by atoms with Crippen molar-refractivity contribution in [3.05, 3.63) is 40.7 Å². The van der Waals surface area contributed by atoms with Gasteiger partial charge in [-0.1, -0.05) is 42.1 Å². The van der Waals surface area contributed by atoms with Crippen LogP contribution in [0.15, 0.2) is 35.5 Å². The van der Waals surface area contributed by atoms with Crippen molar-refractivity contribution in [1.82, 2.24) is 14.5 Å². The summed E-state index contributed by atoms with van der Waals surface area (Å²) < 4.78 is 3.08. The van der Waals surface area contributed by atoms with Crippen LogP contribution in [-0.2, 0) is 6.54 Å². The molecular weight excluding hydrogens is 268 g/mol. The zero-order valence-corrected chi connectivity index (χ0v) is 11.4. The first kappa shape index (κ1) is 12.8. The van der Waals surface area contributed by atoms with Gasteiger partial charge in [-0.3, -0.25) is 4.79 Å². The van der Waals surface area contributed by atoms with Crippen molar-refractivity contribution in [2.24, 2.45) is 0 Å². The molecule has 18 heavy (non-hydrogen) atoms. The maximum Gasteiger partial charge on any atom is 0.217 e. The molecule has 0 aliphatic heterocycles. The lowest BCUT2D eigenvalue weighted by Crippen LogP contribution is -2.14. The van der Waals surface area contributed by atoms with E-state index in [9.17, 15) is 4.79 Å². The second-order valence-electron chi connectivity index (χ2n) is 3.59. The third-order valence-electron chi connectivity index (χ3n) is 2.41. The summed E-state index contributed by atoms with van der Waals surface area (Å²) in [6.45, 7) is 0.0978. The molecule has 2 N–H and O–H groups in total. The highest BCUT2D eigenvalue weighted by atomic mass is 32.2. The van der Waals surface area contributed by atoms with Crippen molar-refractivity contribution in [2.75, 3.05) is 12.1 Å². The van der Waals surface area contributed by atoms with Crippen LogP contribution in [-0.4, -0.2) is 26.5 Å². The Morgan fingerprint density at radius 2 is 2.11 bits per heavy atom. The number of Topliss-reactive ketones (excluding diaryl/α,β-unsaturated/α-hetero) is 1. The Balaban J connectivity index is 2.25. The molecule has 0 spiro atoms. The molecule has 0 atom stereocenters. The van der Waals surface area contributed by atoms with E-state index in [1.807, 2.05) is 24.5 Å². The summed E-state index contributed by atoms with van der Waals surface area (Å²) in [5, 5.41) is 4.77. The fraction of sp³-hybridized carbons (Fsp3) is 0.182. The number of aromatic nitrogens is 3. The highest BCUT2D eigenvalue weighted by Crippen LogP contribution is 2.11. The zero-order chi connectivity index (χ0) is 13.1. The summed E-state index contributed by atoms with van der Waals surface area (Å²) in [5.41, 5.74) is 0.636. The molecule has 1 heterocycles. The van der Waals surface area contributed by atoms with E-state index >= 15 is 0 Å². The molecule has 0 saturated carbocycles. The Kier molecular flexibility index (Phi) is 3.83. The highest BCUT2D eigenvalue weighted by molar-refractivity contribution is 7.98. The average molecular weight is 280 g/mol. The number of nitrogen functional groups attached to an aromatic ring is 1. The van der Waals surface area contributed by atoms with Crippen LogP contribution in [0.5, 0.6) is 0 Å². The van der Waals surface area contributed by atoms with Gasteiger partial charge in [-0.2, -0.15) is 0 Å². The molecule has 0 radical (unpaired) electrons. The normalized spacial score (nSPS) is 10.5. The number of ketones is 1. The number of nitrogens with zero attached hydrogens (tertiary/aromatic N) is 3. The molecule has 0 aliphatic carbocycles. The van der Waals surface area contributed by atoms with Crippen LogP contribution in [0.3, 0.4) is 0 Å². The van der Waals surface area contributed by atoms with Crippen LogP contribution in [0.4, 0.5) is 0 Å². The van der Waals surface area contributed by atoms with Gasteiger partial charge >= 0.3 is 0 Å². The quantitative estimate of drug-likeness (QED) is 0.400. The predicted octanol–water partition coefficient (Wildman–Crippen LogP) is 1.73. The Labute approximate surface area is 114 Å². The van der Waals surface area contributed by atoms with Gasteiger partial charge in [-0.25, -0.2) is 9.36 Å². The number of hydrogen-bond donors (Lipinski definition) is 1. The molecule has 94 valence electrons. The van der Waals surface area contributed by atoms with E-state index in [0.717, 1.165) is 0 Å². The number of hydrogen-bond acceptors (Lipinski definition) is 5. The minimum absolute atomic E-state index is 0.0440. The number of thioether (sulfide) groups is 1. The Hall–Kier alpha value is -1.60. The summed E-state index contributed by atoms with van der Waals surface area (Å²) in [5.74, 6) is 5.68. The largest absolute Gasteiger partial charge is 0.335 e. The summed E-state index contributed by atoms with van der Waals surface area (Å²) >= 11 is 6.50. The molecular formula is C11H12N4OS2. The molecule has 2 aromatic rings. The fourth-order valence-electron chi connectivity index (χ4n) is 1.49. The minimum atomic E-state index is -0.0440. The topological polar surface area (TPSA) is 65.8 Å². The molecule has 0 bridgehead atoms. The van der Waals surface area contributed by atoms with E-state index in [2.05, 4.69) is 5.10 Å². The first-order valence-corrected chi connectivity index (χ1v) is 6.84. The SMILES string of the molecule is CSc1nn(CC(=O)c2ccccc2)c(=S)n1N. The predicted molar refractivity (Wildman–Crippen MR) is 73.8 cm³/mol. The maximum atomic E-state index is 12.0. The standard InChI is InChI=1S/C11H12N4OS2/c1-18-10-13-14(11(17)15(10)12)7-9(16)8-5-3-2-4-6-8/h2-6H,7,12H2,1H3. The van der Waals surface area contributed by atoms with Gasteiger partial charge in [-0.05, 0) is 18.5 Å². The van der Waals surface area contributed by atoms with Gasteiger partial charge in [0.1, 0.15) is 6.54 Å². The van der Waals surface area contributed by atoms with Gasteiger partial charge < -0.3 is 5.84 Å². The molecule has 0 unspecified atom stereocenters. The number of nitrogens with two attached hydrogens (primary N) is 1. The zero-order valence-electron chi connectivity index (χ0n) is 9.74. The molecule has 5 nitrogen and oxygen atoms in total. The number of benzene rings is 1. The fourth-order valence-corrected chi connectivity index (χ4v) is 2.21. The van der Waals surface area contributed by atoms with Crippen molar-refractivity contribution in [3.8, 4) is 0 Å². The number of carbonyl (C=O) groups excluding carboxylic acids is 1. The third kappa shape index (κ3) is 2.46. The molecule has 0 aliphatic rings. The minimum Gasteiger partial charge on any atom is -0.335 e. The van der Waals surface area contributed by atoms with E-state index in [0.29, 0.717) is 15.5 Å². The maximum absolute atomic E-state index is 12.0. The van der Waals surface area contributed by atoms with Crippen molar-refractivity contribution >= 4 is 29.8 Å². The average Bonchev–Trinajstić information content (AvgIpc) is 2.67. The van der Waals surface area contributed by atoms with E-state index in [4.69, 9.17) is 18.1 Å². The Morgan fingerprint density at radius 3 is 2.67 bits per heavy atom. The summed E-state index contributed by atoms with van der Waals surface area (Å²) in [7, 11) is 0. The van der Waals surface area contributed by atoms with Crippen LogP contribution >= 0.6 is 24.0 Å². The second-order valence-corrected chi connectivity index (χ2v) is 4.72. The lowest BCUT2D eigenvalue weighted by Gasteiger charge is -2.00. The van der Waals surface area contributed by atoms with Gasteiger partial charge in [0.25, 0.3) is 0 Å². The van der Waals surface area contributed by atoms with Crippen molar-refractivity contribution in [1.29, 1.82) is 0 Å². The lowest BCUT2D eigenvalue weighted by atomic mass is 10.1. The van der Waals surface area contributed by atoms with Crippen molar-refractivity contribution in [3.63, 3.8) is 0 Å². The molecule has 0 saturated heterocycles. The summed E-state index contributed by atoms with van der Waals surface area (Å²) in [4.78, 5) is 12.0. The van der Waals surface area contributed by atoms with Crippen LogP contribution in [0.1, 0.15) is 10.4 Å². The van der Waals surface area contributed by atoms with Crippen LogP contribution in [0.25, 0.3) is 0 Å². The molecule has 1 aromatic heterocycles. The van der Waals surface area contributed by atoms with E-state index in [1.54, 1.807) is 12.1 Å². The summed E-state index contributed by atoms with van der Waals surface area (Å²) in [6, 6.07) is 9.04. The van der Waals surface area contributed by atoms with Crippen molar-refractivity contribution in [2.45, 2.75) is 11.7 Å². The van der Waals surface area contributed by atoms with Gasteiger partial charge in [0, 0.05) is 5.56 Å². The first-order chi connectivity index (χ1) is 8.63. The number of carbonyl (C=O) groups is 1. The first-order valence-electron chi connectivity index (χ1n) is 5.20. The van der Waals surface area contributed by atoms with Crippen molar-refractivity contribution < 1.29 is 4.79 Å². The van der Waals surface area contributed by atoms with Gasteiger partial charge in [0.05, 0.1) is 0 Å². The smallest absolute Gasteiger partial charge is 0.217 e. The van der Waals surface area contributed by atoms with Crippen LogP contribution in [0, 0.1) is 4.77 Å². The summed E-state index contributed by atoms with van der Waals surface area (Å²) in [6.07, 6.45) is 1.85. The number of rotatable bonds is 4. The van der Waals surface area contributed by atoms with Gasteiger partial charge in [0.15, 0.2) is 5.78 Å². The molecule has 0 amide bonds. The van der Waals surface area contributed by atoms with E-state index in [1.165, 1.54) is 21.1 Å². The molecule has 0 fully saturated rings. The lowest BCUT2D eigenvalue weighted by molar-refractivity contribution is 0.0966.